The molecule has 6 aromatic rings. The van der Waals surface area contributed by atoms with Crippen LogP contribution in [0.2, 0.25) is 0 Å². The molecule has 0 fully saturated rings. The Morgan fingerprint density at radius 1 is 0.533 bits per heavy atom. The highest BCUT2D eigenvalue weighted by atomic mass is 16.2. The van der Waals surface area contributed by atoms with E-state index >= 15 is 0 Å². The molecule has 2 aromatic carbocycles. The van der Waals surface area contributed by atoms with Crippen molar-refractivity contribution in [2.75, 3.05) is 0 Å². The fourth-order valence-electron chi connectivity index (χ4n) is 4.42. The Morgan fingerprint density at radius 2 is 0.833 bits per heavy atom. The zero-order valence-corrected chi connectivity index (χ0v) is 17.5. The van der Waals surface area contributed by atoms with Crippen LogP contribution in [0.4, 0.5) is 0 Å². The predicted molar refractivity (Wildman–Crippen MR) is 121 cm³/mol. The van der Waals surface area contributed by atoms with Gasteiger partial charge in [-0.2, -0.15) is 0 Å². The first kappa shape index (κ1) is 20.3. The second kappa shape index (κ2) is 8.01. The Hall–Kier alpha value is -3.02. The van der Waals surface area contributed by atoms with E-state index in [1.165, 1.54) is 9.13 Å². The third-order valence-corrected chi connectivity index (χ3v) is 6.03. The van der Waals surface area contributed by atoms with Crippen molar-refractivity contribution >= 4 is 32.3 Å². The van der Waals surface area contributed by atoms with Gasteiger partial charge in [0.15, 0.2) is 0 Å². The molecule has 0 aliphatic carbocycles. The van der Waals surface area contributed by atoms with Crippen LogP contribution in [-0.2, 0) is 13.1 Å². The summed E-state index contributed by atoms with van der Waals surface area (Å²) in [5.41, 5.74) is -1.56. The number of nitrogens with zero attached hydrogens (tertiary/aromatic N) is 2. The molecule has 0 aliphatic heterocycles. The molecule has 0 amide bonds. The summed E-state index contributed by atoms with van der Waals surface area (Å²) in [4.78, 5) is 53.0. The first-order chi connectivity index (χ1) is 14.5. The van der Waals surface area contributed by atoms with Gasteiger partial charge >= 0.3 is 0 Å². The van der Waals surface area contributed by atoms with E-state index in [2.05, 4.69) is 13.8 Å². The van der Waals surface area contributed by atoms with E-state index in [0.717, 1.165) is 38.5 Å². The van der Waals surface area contributed by atoms with Gasteiger partial charge in [-0.3, -0.25) is 28.3 Å². The molecular weight excluding hydrogens is 380 g/mol. The molecule has 0 N–H and O–H groups in total. The Kier molecular flexibility index (Phi) is 5.41. The Labute approximate surface area is 173 Å². The highest BCUT2D eigenvalue weighted by Gasteiger charge is 2.20. The fourth-order valence-corrected chi connectivity index (χ4v) is 4.42. The summed E-state index contributed by atoms with van der Waals surface area (Å²) in [5, 5.41) is 2.18. The summed E-state index contributed by atoms with van der Waals surface area (Å²) in [5.74, 6) is 0. The predicted octanol–water partition coefficient (Wildman–Crippen LogP) is 3.45. The van der Waals surface area contributed by atoms with Crippen LogP contribution in [-0.4, -0.2) is 9.13 Å². The quantitative estimate of drug-likeness (QED) is 0.420. The molecule has 4 bridgehead atoms. The van der Waals surface area contributed by atoms with E-state index in [0.29, 0.717) is 45.4 Å². The average Bonchev–Trinajstić information content (AvgIpc) is 3.02. The standard InChI is InChI=1S/C24H26N2O4/c1-3-5-7-13-25-21(27)15-9-10-16(22(25)28)20-18-12-11-17(19(15)20)23(29)26(24(18)30)14-8-6-4-2/h9-12H,3-8,13-14H2,1-2H3. The molecule has 0 unspecified atom stereocenters. The first-order valence-corrected chi connectivity index (χ1v) is 10.8. The molecular formula is C24H26N2O4. The summed E-state index contributed by atoms with van der Waals surface area (Å²) in [6.45, 7) is 4.79. The van der Waals surface area contributed by atoms with Gasteiger partial charge in [0.2, 0.25) is 0 Å². The maximum atomic E-state index is 13.2. The molecule has 30 heavy (non-hydrogen) atoms. The zero-order valence-electron chi connectivity index (χ0n) is 17.5. The minimum absolute atomic E-state index is 0.324. The lowest BCUT2D eigenvalue weighted by Gasteiger charge is -2.01. The number of hydrogen-bond donors (Lipinski definition) is 0. The molecule has 6 heteroatoms. The van der Waals surface area contributed by atoms with Crippen molar-refractivity contribution < 1.29 is 0 Å². The van der Waals surface area contributed by atoms with Gasteiger partial charge in [-0.25, -0.2) is 0 Å². The molecule has 4 heterocycles. The van der Waals surface area contributed by atoms with Crippen molar-refractivity contribution in [3.8, 4) is 0 Å². The molecule has 0 spiro atoms. The maximum Gasteiger partial charge on any atom is 0.261 e. The third-order valence-electron chi connectivity index (χ3n) is 6.03. The Morgan fingerprint density at radius 3 is 1.10 bits per heavy atom. The molecule has 0 saturated carbocycles. The van der Waals surface area contributed by atoms with Crippen molar-refractivity contribution in [3.63, 3.8) is 0 Å². The minimum atomic E-state index is -0.390. The molecule has 156 valence electrons. The van der Waals surface area contributed by atoms with E-state index < -0.39 is 0 Å². The van der Waals surface area contributed by atoms with Gasteiger partial charge < -0.3 is 0 Å². The zero-order chi connectivity index (χ0) is 21.4. The van der Waals surface area contributed by atoms with E-state index in [9.17, 15) is 19.2 Å². The number of aromatic nitrogens is 2. The van der Waals surface area contributed by atoms with Gasteiger partial charge in [0, 0.05) is 45.4 Å². The molecule has 0 aliphatic rings. The summed E-state index contributed by atoms with van der Waals surface area (Å²) in [6.07, 6.45) is 5.26. The van der Waals surface area contributed by atoms with Crippen molar-refractivity contribution in [3.05, 3.63) is 65.7 Å². The van der Waals surface area contributed by atoms with E-state index in [1.807, 2.05) is 0 Å². The highest BCUT2D eigenvalue weighted by Crippen LogP contribution is 2.28. The Bertz CT molecular complexity index is 1240. The van der Waals surface area contributed by atoms with Gasteiger partial charge in [-0.15, -0.1) is 0 Å². The van der Waals surface area contributed by atoms with Crippen molar-refractivity contribution in [2.45, 2.75) is 65.5 Å². The van der Waals surface area contributed by atoms with E-state index in [-0.39, 0.29) is 22.2 Å². The van der Waals surface area contributed by atoms with Gasteiger partial charge in [-0.1, -0.05) is 39.5 Å². The SMILES string of the molecule is CCCCCn1c(=O)c2ccc(c1=O)c1c3ccc(c(=O)n(CCCCC)c3=O)c21. The van der Waals surface area contributed by atoms with Gasteiger partial charge in [-0.05, 0) is 37.1 Å². The molecule has 0 atom stereocenters. The Balaban J connectivity index is 2.14. The van der Waals surface area contributed by atoms with Crippen LogP contribution in [0, 0.1) is 0 Å². The first-order valence-electron chi connectivity index (χ1n) is 10.8. The van der Waals surface area contributed by atoms with Crippen molar-refractivity contribution in [2.24, 2.45) is 0 Å². The summed E-state index contributed by atoms with van der Waals surface area (Å²) in [7, 11) is 0. The lowest BCUT2D eigenvalue weighted by molar-refractivity contribution is 0.581. The van der Waals surface area contributed by atoms with Crippen LogP contribution in [0.15, 0.2) is 43.4 Å². The topological polar surface area (TPSA) is 78.1 Å². The molecule has 4 aromatic heterocycles. The van der Waals surface area contributed by atoms with Crippen LogP contribution in [0.3, 0.4) is 0 Å². The van der Waals surface area contributed by atoms with Crippen LogP contribution >= 0.6 is 0 Å². The summed E-state index contributed by atoms with van der Waals surface area (Å²) < 4.78 is 2.53. The normalized spacial score (nSPS) is 11.9. The van der Waals surface area contributed by atoms with Crippen LogP contribution in [0.25, 0.3) is 32.3 Å². The van der Waals surface area contributed by atoms with E-state index in [4.69, 9.17) is 0 Å². The fraction of sp³-hybridized carbons (Fsp3) is 0.417. The lowest BCUT2D eigenvalue weighted by Crippen LogP contribution is -2.30. The number of unbranched alkanes of at least 4 members (excludes halogenated alkanes) is 4. The number of fused-ring (bicyclic) bond motifs is 6. The highest BCUT2D eigenvalue weighted by molar-refractivity contribution is 6.22. The minimum Gasteiger partial charge on any atom is -0.274 e. The number of hydrogen-bond acceptors (Lipinski definition) is 4. The third kappa shape index (κ3) is 3.02. The van der Waals surface area contributed by atoms with Gasteiger partial charge in [0.25, 0.3) is 22.2 Å². The largest absolute Gasteiger partial charge is 0.274 e. The van der Waals surface area contributed by atoms with Crippen LogP contribution in [0.1, 0.15) is 52.4 Å². The van der Waals surface area contributed by atoms with Crippen molar-refractivity contribution in [1.82, 2.24) is 9.13 Å². The summed E-state index contributed by atoms with van der Waals surface area (Å²) in [6, 6.07) is 6.48. The van der Waals surface area contributed by atoms with Gasteiger partial charge in [0.05, 0.1) is 0 Å². The molecule has 0 radical (unpaired) electrons. The monoisotopic (exact) mass is 406 g/mol. The second-order valence-corrected chi connectivity index (χ2v) is 8.01. The average molecular weight is 406 g/mol. The smallest absolute Gasteiger partial charge is 0.261 e. The number of benzene rings is 2. The van der Waals surface area contributed by atoms with Crippen molar-refractivity contribution in [1.29, 1.82) is 0 Å². The molecule has 0 saturated heterocycles. The lowest BCUT2D eigenvalue weighted by atomic mass is 10.00. The molecule has 6 nitrogen and oxygen atoms in total. The second-order valence-electron chi connectivity index (χ2n) is 8.01. The van der Waals surface area contributed by atoms with Gasteiger partial charge in [0.1, 0.15) is 0 Å². The maximum absolute atomic E-state index is 13.2. The molecule has 6 rings (SSSR count). The number of rotatable bonds is 8. The van der Waals surface area contributed by atoms with Crippen LogP contribution < -0.4 is 22.2 Å². The summed E-state index contributed by atoms with van der Waals surface area (Å²) >= 11 is 0. The van der Waals surface area contributed by atoms with E-state index in [1.54, 1.807) is 24.3 Å². The van der Waals surface area contributed by atoms with Crippen LogP contribution in [0.5, 0.6) is 0 Å².